The van der Waals surface area contributed by atoms with E-state index in [0.717, 1.165) is 25.9 Å². The third-order valence-electron chi connectivity index (χ3n) is 3.12. The molecule has 0 spiro atoms. The van der Waals surface area contributed by atoms with E-state index < -0.39 is 5.82 Å². The van der Waals surface area contributed by atoms with E-state index in [9.17, 15) is 9.18 Å². The Morgan fingerprint density at radius 3 is 3.00 bits per heavy atom. The van der Waals surface area contributed by atoms with Gasteiger partial charge in [-0.2, -0.15) is 0 Å². The van der Waals surface area contributed by atoms with E-state index in [0.29, 0.717) is 10.4 Å². The number of urea groups is 1. The highest BCUT2D eigenvalue weighted by molar-refractivity contribution is 9.10. The first-order valence-electron chi connectivity index (χ1n) is 6.07. The molecule has 1 aromatic carbocycles. The second-order valence-corrected chi connectivity index (χ2v) is 5.66. The summed E-state index contributed by atoms with van der Waals surface area (Å²) < 4.78 is 14.2. The number of rotatable bonds is 1. The Labute approximate surface area is 114 Å². The zero-order chi connectivity index (χ0) is 13.1. The second kappa shape index (κ2) is 5.69. The van der Waals surface area contributed by atoms with Crippen molar-refractivity contribution in [1.29, 1.82) is 0 Å². The van der Waals surface area contributed by atoms with Crippen LogP contribution in [0, 0.1) is 11.7 Å². The zero-order valence-electron chi connectivity index (χ0n) is 10.2. The summed E-state index contributed by atoms with van der Waals surface area (Å²) in [6.07, 6.45) is 2.16. The Hall–Kier alpha value is -1.10. The molecule has 1 fully saturated rings. The quantitative estimate of drug-likeness (QED) is 0.839. The van der Waals surface area contributed by atoms with Gasteiger partial charge in [0.15, 0.2) is 0 Å². The molecule has 1 aliphatic rings. The lowest BCUT2D eigenvalue weighted by atomic mass is 10.0. The fraction of sp³-hybridized carbons (Fsp3) is 0.462. The number of likely N-dealkylation sites (tertiary alicyclic amines) is 1. The van der Waals surface area contributed by atoms with Crippen LogP contribution in [0.3, 0.4) is 0 Å². The van der Waals surface area contributed by atoms with Gasteiger partial charge in [0.05, 0.1) is 5.69 Å². The maximum Gasteiger partial charge on any atom is 0.321 e. The standard InChI is InChI=1S/C13H16BrFN2O/c1-9-3-2-6-17(8-9)13(18)16-12-5-4-10(14)7-11(12)15/h4-5,7,9H,2-3,6,8H2,1H3,(H,16,18). The number of anilines is 1. The molecule has 1 aliphatic heterocycles. The van der Waals surface area contributed by atoms with Crippen molar-refractivity contribution < 1.29 is 9.18 Å². The highest BCUT2D eigenvalue weighted by Gasteiger charge is 2.21. The Morgan fingerprint density at radius 1 is 1.56 bits per heavy atom. The first-order chi connectivity index (χ1) is 8.56. The lowest BCUT2D eigenvalue weighted by Crippen LogP contribution is -2.41. The summed E-state index contributed by atoms with van der Waals surface area (Å²) in [4.78, 5) is 13.7. The van der Waals surface area contributed by atoms with Gasteiger partial charge in [-0.1, -0.05) is 22.9 Å². The van der Waals surface area contributed by atoms with Crippen LogP contribution in [0.15, 0.2) is 22.7 Å². The molecule has 0 aromatic heterocycles. The van der Waals surface area contributed by atoms with Gasteiger partial charge in [-0.15, -0.1) is 0 Å². The average Bonchev–Trinajstić information content (AvgIpc) is 2.32. The van der Waals surface area contributed by atoms with Crippen molar-refractivity contribution in [3.8, 4) is 0 Å². The molecule has 1 unspecified atom stereocenters. The molecule has 5 heteroatoms. The fourth-order valence-electron chi connectivity index (χ4n) is 2.16. The summed E-state index contributed by atoms with van der Waals surface area (Å²) >= 11 is 3.18. The topological polar surface area (TPSA) is 32.3 Å². The largest absolute Gasteiger partial charge is 0.324 e. The van der Waals surface area contributed by atoms with Crippen LogP contribution in [-0.2, 0) is 0 Å². The molecule has 0 bridgehead atoms. The van der Waals surface area contributed by atoms with Crippen molar-refractivity contribution in [2.45, 2.75) is 19.8 Å². The number of nitrogens with one attached hydrogen (secondary N) is 1. The number of carbonyl (C=O) groups is 1. The molecule has 18 heavy (non-hydrogen) atoms. The number of carbonyl (C=O) groups excluding carboxylic acids is 1. The van der Waals surface area contributed by atoms with Crippen LogP contribution in [-0.4, -0.2) is 24.0 Å². The second-order valence-electron chi connectivity index (χ2n) is 4.75. The van der Waals surface area contributed by atoms with Crippen LogP contribution < -0.4 is 5.32 Å². The van der Waals surface area contributed by atoms with Gasteiger partial charge in [-0.05, 0) is 37.0 Å². The van der Waals surface area contributed by atoms with Crippen molar-refractivity contribution in [2.75, 3.05) is 18.4 Å². The van der Waals surface area contributed by atoms with Gasteiger partial charge in [0.25, 0.3) is 0 Å². The van der Waals surface area contributed by atoms with E-state index in [4.69, 9.17) is 0 Å². The highest BCUT2D eigenvalue weighted by Crippen LogP contribution is 2.21. The Morgan fingerprint density at radius 2 is 2.33 bits per heavy atom. The molecule has 0 aliphatic carbocycles. The normalized spacial score (nSPS) is 19.7. The minimum atomic E-state index is -0.428. The van der Waals surface area contributed by atoms with Crippen LogP contribution in [0.2, 0.25) is 0 Å². The van der Waals surface area contributed by atoms with E-state index in [-0.39, 0.29) is 11.7 Å². The highest BCUT2D eigenvalue weighted by atomic mass is 79.9. The number of hydrogen-bond donors (Lipinski definition) is 1. The van der Waals surface area contributed by atoms with Crippen molar-refractivity contribution in [3.05, 3.63) is 28.5 Å². The molecule has 1 aromatic rings. The molecule has 2 rings (SSSR count). The summed E-state index contributed by atoms with van der Waals surface area (Å²) in [5, 5.41) is 2.62. The Balaban J connectivity index is 2.02. The van der Waals surface area contributed by atoms with Gasteiger partial charge in [0.1, 0.15) is 5.82 Å². The molecule has 0 radical (unpaired) electrons. The van der Waals surface area contributed by atoms with E-state index in [1.165, 1.54) is 6.07 Å². The van der Waals surface area contributed by atoms with Gasteiger partial charge in [0.2, 0.25) is 0 Å². The van der Waals surface area contributed by atoms with Gasteiger partial charge in [-0.3, -0.25) is 0 Å². The molecule has 1 heterocycles. The predicted octanol–water partition coefficient (Wildman–Crippen LogP) is 3.85. The van der Waals surface area contributed by atoms with Crippen LogP contribution in [0.1, 0.15) is 19.8 Å². The Bertz CT molecular complexity index is 453. The molecule has 1 saturated heterocycles. The summed E-state index contributed by atoms with van der Waals surface area (Å²) in [5.41, 5.74) is 0.224. The van der Waals surface area contributed by atoms with E-state index >= 15 is 0 Å². The van der Waals surface area contributed by atoms with Crippen LogP contribution in [0.4, 0.5) is 14.9 Å². The van der Waals surface area contributed by atoms with Gasteiger partial charge in [-0.25, -0.2) is 9.18 Å². The number of amides is 2. The number of halogens is 2. The minimum Gasteiger partial charge on any atom is -0.324 e. The molecular formula is C13H16BrFN2O. The average molecular weight is 315 g/mol. The van der Waals surface area contributed by atoms with Gasteiger partial charge < -0.3 is 10.2 Å². The predicted molar refractivity (Wildman–Crippen MR) is 73.1 cm³/mol. The molecule has 0 saturated carbocycles. The number of hydrogen-bond acceptors (Lipinski definition) is 1. The number of nitrogens with zero attached hydrogens (tertiary/aromatic N) is 1. The maximum atomic E-state index is 13.6. The first-order valence-corrected chi connectivity index (χ1v) is 6.86. The molecule has 1 atom stereocenters. The summed E-state index contributed by atoms with van der Waals surface area (Å²) in [5.74, 6) is 0.0852. The third kappa shape index (κ3) is 3.22. The summed E-state index contributed by atoms with van der Waals surface area (Å²) in [6, 6.07) is 4.39. The Kier molecular flexibility index (Phi) is 4.22. The monoisotopic (exact) mass is 314 g/mol. The van der Waals surface area contributed by atoms with Crippen molar-refractivity contribution in [3.63, 3.8) is 0 Å². The van der Waals surface area contributed by atoms with E-state index in [2.05, 4.69) is 28.2 Å². The molecule has 3 nitrogen and oxygen atoms in total. The van der Waals surface area contributed by atoms with Crippen LogP contribution >= 0.6 is 15.9 Å². The van der Waals surface area contributed by atoms with Crippen molar-refractivity contribution in [2.24, 2.45) is 5.92 Å². The van der Waals surface area contributed by atoms with Crippen molar-refractivity contribution in [1.82, 2.24) is 4.90 Å². The molecule has 2 amide bonds. The summed E-state index contributed by atoms with van der Waals surface area (Å²) in [6.45, 7) is 3.61. The SMILES string of the molecule is CC1CCCN(C(=O)Nc2ccc(Br)cc2F)C1. The summed E-state index contributed by atoms with van der Waals surface area (Å²) in [7, 11) is 0. The van der Waals surface area contributed by atoms with Crippen molar-refractivity contribution >= 4 is 27.6 Å². The van der Waals surface area contributed by atoms with E-state index in [1.807, 2.05) is 0 Å². The zero-order valence-corrected chi connectivity index (χ0v) is 11.8. The molecule has 98 valence electrons. The number of piperidine rings is 1. The molecule has 1 N–H and O–H groups in total. The third-order valence-corrected chi connectivity index (χ3v) is 3.61. The van der Waals surface area contributed by atoms with E-state index in [1.54, 1.807) is 17.0 Å². The lowest BCUT2D eigenvalue weighted by molar-refractivity contribution is 0.182. The van der Waals surface area contributed by atoms with Crippen LogP contribution in [0.25, 0.3) is 0 Å². The van der Waals surface area contributed by atoms with Crippen LogP contribution in [0.5, 0.6) is 0 Å². The van der Waals surface area contributed by atoms with Gasteiger partial charge >= 0.3 is 6.03 Å². The first kappa shape index (κ1) is 13.3. The lowest BCUT2D eigenvalue weighted by Gasteiger charge is -2.30. The van der Waals surface area contributed by atoms with Gasteiger partial charge in [0, 0.05) is 17.6 Å². The molecular weight excluding hydrogens is 299 g/mol. The fourth-order valence-corrected chi connectivity index (χ4v) is 2.49. The minimum absolute atomic E-state index is 0.220. The number of benzene rings is 1. The smallest absolute Gasteiger partial charge is 0.321 e. The maximum absolute atomic E-state index is 13.6.